The first-order valence-corrected chi connectivity index (χ1v) is 7.50. The minimum atomic E-state index is -0.0725. The first-order valence-electron chi connectivity index (χ1n) is 5.67. The summed E-state index contributed by atoms with van der Waals surface area (Å²) in [5, 5.41) is -0.0725. The molecular formula is C12H16ClN3S. The number of fused-ring (bicyclic) bond motifs is 1. The number of hydrogen-bond acceptors (Lipinski definition) is 3. The molecule has 0 N–H and O–H groups in total. The van der Waals surface area contributed by atoms with Crippen LogP contribution in [-0.2, 0) is 6.54 Å². The molecule has 2 rings (SSSR count). The summed E-state index contributed by atoms with van der Waals surface area (Å²) in [6, 6.07) is 2.00. The number of thioether (sulfide) groups is 1. The highest BCUT2D eigenvalue weighted by Crippen LogP contribution is 2.24. The van der Waals surface area contributed by atoms with E-state index in [1.165, 1.54) is 0 Å². The van der Waals surface area contributed by atoms with Crippen LogP contribution in [0.1, 0.15) is 24.5 Å². The van der Waals surface area contributed by atoms with Gasteiger partial charge in [0.15, 0.2) is 0 Å². The Kier molecular flexibility index (Phi) is 4.29. The second kappa shape index (κ2) is 5.74. The number of aromatic nitrogens is 3. The molecule has 92 valence electrons. The molecule has 0 spiro atoms. The Morgan fingerprint density at radius 3 is 3.06 bits per heavy atom. The average molecular weight is 270 g/mol. The van der Waals surface area contributed by atoms with Crippen LogP contribution in [0.4, 0.5) is 0 Å². The predicted molar refractivity (Wildman–Crippen MR) is 74.8 cm³/mol. The summed E-state index contributed by atoms with van der Waals surface area (Å²) in [5.41, 5.74) is 2.06. The van der Waals surface area contributed by atoms with Gasteiger partial charge in [0.05, 0.1) is 17.1 Å². The summed E-state index contributed by atoms with van der Waals surface area (Å²) in [6.45, 7) is 2.93. The van der Waals surface area contributed by atoms with E-state index in [0.717, 1.165) is 35.6 Å². The zero-order valence-electron chi connectivity index (χ0n) is 10.1. The lowest BCUT2D eigenvalue weighted by Gasteiger charge is -2.09. The van der Waals surface area contributed by atoms with E-state index in [1.807, 2.05) is 24.8 Å². The van der Waals surface area contributed by atoms with Crippen molar-refractivity contribution in [1.82, 2.24) is 14.5 Å². The van der Waals surface area contributed by atoms with Gasteiger partial charge in [-0.1, -0.05) is 0 Å². The monoisotopic (exact) mass is 269 g/mol. The zero-order valence-corrected chi connectivity index (χ0v) is 11.6. The maximum Gasteiger partial charge on any atom is 0.127 e. The van der Waals surface area contributed by atoms with E-state index in [1.54, 1.807) is 12.4 Å². The van der Waals surface area contributed by atoms with E-state index in [2.05, 4.69) is 20.8 Å². The van der Waals surface area contributed by atoms with E-state index in [-0.39, 0.29) is 5.38 Å². The number of rotatable bonds is 5. The molecule has 2 heterocycles. The van der Waals surface area contributed by atoms with Gasteiger partial charge in [0.25, 0.3) is 0 Å². The Hall–Kier alpha value is -0.740. The molecule has 3 nitrogen and oxygen atoms in total. The molecule has 0 amide bonds. The fourth-order valence-electron chi connectivity index (χ4n) is 1.91. The highest BCUT2D eigenvalue weighted by molar-refractivity contribution is 7.98. The second-order valence-electron chi connectivity index (χ2n) is 3.95. The van der Waals surface area contributed by atoms with Gasteiger partial charge in [-0.15, -0.1) is 11.6 Å². The number of halogens is 1. The maximum absolute atomic E-state index is 6.18. The second-order valence-corrected chi connectivity index (χ2v) is 5.59. The molecule has 5 heteroatoms. The maximum atomic E-state index is 6.18. The smallest absolute Gasteiger partial charge is 0.127 e. The molecule has 2 aromatic heterocycles. The van der Waals surface area contributed by atoms with Crippen LogP contribution in [0.3, 0.4) is 0 Å². The summed E-state index contributed by atoms with van der Waals surface area (Å²) in [7, 11) is 0. The van der Waals surface area contributed by atoms with E-state index >= 15 is 0 Å². The van der Waals surface area contributed by atoms with E-state index in [0.29, 0.717) is 0 Å². The Morgan fingerprint density at radius 1 is 1.53 bits per heavy atom. The normalized spacial score (nSPS) is 13.1. The third-order valence-electron chi connectivity index (χ3n) is 2.67. The Bertz CT molecular complexity index is 495. The van der Waals surface area contributed by atoms with Gasteiger partial charge in [-0.05, 0) is 31.4 Å². The van der Waals surface area contributed by atoms with Gasteiger partial charge in [0.2, 0.25) is 0 Å². The number of aryl methyl sites for hydroxylation is 1. The topological polar surface area (TPSA) is 30.7 Å². The van der Waals surface area contributed by atoms with Crippen molar-refractivity contribution in [1.29, 1.82) is 0 Å². The molecule has 1 atom stereocenters. The standard InChI is InChI=1S/C12H16ClN3S/c1-9(13)12-15-10-8-14-5-4-11(10)16(12)6-3-7-17-2/h4-5,8-9H,3,6-7H2,1-2H3. The molecule has 1 unspecified atom stereocenters. The van der Waals surface area contributed by atoms with Crippen LogP contribution in [0.25, 0.3) is 11.0 Å². The summed E-state index contributed by atoms with van der Waals surface area (Å²) in [4.78, 5) is 8.65. The molecule has 0 fully saturated rings. The van der Waals surface area contributed by atoms with Gasteiger partial charge >= 0.3 is 0 Å². The van der Waals surface area contributed by atoms with Gasteiger partial charge < -0.3 is 4.57 Å². The summed E-state index contributed by atoms with van der Waals surface area (Å²) in [6.07, 6.45) is 6.85. The number of hydrogen-bond donors (Lipinski definition) is 0. The highest BCUT2D eigenvalue weighted by atomic mass is 35.5. The minimum absolute atomic E-state index is 0.0725. The van der Waals surface area contributed by atoms with E-state index in [9.17, 15) is 0 Å². The Balaban J connectivity index is 2.37. The van der Waals surface area contributed by atoms with Crippen LogP contribution < -0.4 is 0 Å². The van der Waals surface area contributed by atoms with Crippen molar-refractivity contribution in [2.45, 2.75) is 25.3 Å². The minimum Gasteiger partial charge on any atom is -0.327 e. The molecule has 0 saturated carbocycles. The van der Waals surface area contributed by atoms with Crippen LogP contribution in [0.5, 0.6) is 0 Å². The van der Waals surface area contributed by atoms with Crippen molar-refractivity contribution in [3.05, 3.63) is 24.3 Å². The van der Waals surface area contributed by atoms with Crippen molar-refractivity contribution in [3.8, 4) is 0 Å². The molecule has 17 heavy (non-hydrogen) atoms. The van der Waals surface area contributed by atoms with Crippen molar-refractivity contribution < 1.29 is 0 Å². The lowest BCUT2D eigenvalue weighted by Crippen LogP contribution is -2.05. The lowest BCUT2D eigenvalue weighted by atomic mass is 10.3. The molecule has 0 bridgehead atoms. The van der Waals surface area contributed by atoms with Crippen molar-refractivity contribution in [2.75, 3.05) is 12.0 Å². The van der Waals surface area contributed by atoms with E-state index < -0.39 is 0 Å². The number of imidazole rings is 1. The number of alkyl halides is 1. The molecule has 2 aromatic rings. The van der Waals surface area contributed by atoms with Crippen LogP contribution in [0.15, 0.2) is 18.5 Å². The zero-order chi connectivity index (χ0) is 12.3. The predicted octanol–water partition coefficient (Wildman–Crippen LogP) is 3.48. The number of nitrogens with zero attached hydrogens (tertiary/aromatic N) is 3. The van der Waals surface area contributed by atoms with Gasteiger partial charge in [-0.25, -0.2) is 4.98 Å². The summed E-state index contributed by atoms with van der Waals surface area (Å²) < 4.78 is 2.21. The summed E-state index contributed by atoms with van der Waals surface area (Å²) >= 11 is 8.05. The first-order chi connectivity index (χ1) is 8.24. The largest absolute Gasteiger partial charge is 0.327 e. The van der Waals surface area contributed by atoms with Gasteiger partial charge in [0, 0.05) is 12.7 Å². The van der Waals surface area contributed by atoms with Crippen LogP contribution >= 0.6 is 23.4 Å². The van der Waals surface area contributed by atoms with Crippen LogP contribution in [-0.4, -0.2) is 26.5 Å². The van der Waals surface area contributed by atoms with Gasteiger partial charge in [-0.2, -0.15) is 11.8 Å². The Morgan fingerprint density at radius 2 is 2.35 bits per heavy atom. The summed E-state index contributed by atoms with van der Waals surface area (Å²) in [5.74, 6) is 2.09. The molecule has 0 aliphatic carbocycles. The fourth-order valence-corrected chi connectivity index (χ4v) is 2.49. The van der Waals surface area contributed by atoms with Gasteiger partial charge in [-0.3, -0.25) is 4.98 Å². The Labute approximate surface area is 111 Å². The number of pyridine rings is 1. The molecule has 0 saturated heterocycles. The SMILES string of the molecule is CSCCCn1c(C(C)Cl)nc2cnccc21. The van der Waals surface area contributed by atoms with Crippen LogP contribution in [0, 0.1) is 0 Å². The molecular weight excluding hydrogens is 254 g/mol. The molecule has 0 aliphatic heterocycles. The third-order valence-corrected chi connectivity index (χ3v) is 3.56. The molecule has 0 radical (unpaired) electrons. The molecule has 0 aromatic carbocycles. The lowest BCUT2D eigenvalue weighted by molar-refractivity contribution is 0.658. The first kappa shape index (κ1) is 12.7. The van der Waals surface area contributed by atoms with E-state index in [4.69, 9.17) is 11.6 Å². The van der Waals surface area contributed by atoms with Crippen molar-refractivity contribution >= 4 is 34.4 Å². The van der Waals surface area contributed by atoms with Gasteiger partial charge in [0.1, 0.15) is 11.3 Å². The average Bonchev–Trinajstić information content (AvgIpc) is 2.69. The van der Waals surface area contributed by atoms with Crippen LogP contribution in [0.2, 0.25) is 0 Å². The molecule has 0 aliphatic rings. The van der Waals surface area contributed by atoms with Crippen molar-refractivity contribution in [3.63, 3.8) is 0 Å². The fraction of sp³-hybridized carbons (Fsp3) is 0.500. The third kappa shape index (κ3) is 2.75. The highest BCUT2D eigenvalue weighted by Gasteiger charge is 2.14. The van der Waals surface area contributed by atoms with Crippen molar-refractivity contribution in [2.24, 2.45) is 0 Å². The quantitative estimate of drug-likeness (QED) is 0.615.